The molecular formula is C22H32O4. The van der Waals surface area contributed by atoms with E-state index in [0.717, 1.165) is 12.8 Å². The Hall–Kier alpha value is -1.32. The first-order chi connectivity index (χ1) is 12.2. The summed E-state index contributed by atoms with van der Waals surface area (Å²) in [7, 11) is 0. The van der Waals surface area contributed by atoms with Gasteiger partial charge in [-0.15, -0.1) is 0 Å². The highest BCUT2D eigenvalue weighted by Gasteiger charge is 2.60. The van der Waals surface area contributed by atoms with E-state index in [1.807, 2.05) is 0 Å². The minimum Gasteiger partial charge on any atom is -0.458 e. The monoisotopic (exact) mass is 360 g/mol. The van der Waals surface area contributed by atoms with Crippen molar-refractivity contribution < 1.29 is 19.1 Å². The molecule has 4 fully saturated rings. The van der Waals surface area contributed by atoms with Crippen LogP contribution < -0.4 is 0 Å². The highest BCUT2D eigenvalue weighted by molar-refractivity contribution is 5.91. The molecule has 4 aliphatic carbocycles. The molecule has 0 N–H and O–H groups in total. The Morgan fingerprint density at radius 2 is 1.12 bits per heavy atom. The standard InChI is InChI=1S/C22H32O4/c1-21(2)15-9-5-7-13(15)19(21)25-17(23)11-12-18(24)26-20-14-8-6-10-16(14)22(20,3)4/h11-16,19-20H,5-10H2,1-4H3/b12-11+. The maximum absolute atomic E-state index is 12.2. The lowest BCUT2D eigenvalue weighted by Gasteiger charge is -2.54. The van der Waals surface area contributed by atoms with Gasteiger partial charge in [-0.1, -0.05) is 40.5 Å². The molecule has 0 aliphatic heterocycles. The fourth-order valence-corrected chi connectivity index (χ4v) is 6.78. The zero-order chi connectivity index (χ0) is 18.7. The molecule has 26 heavy (non-hydrogen) atoms. The Bertz CT molecular complexity index is 578. The highest BCUT2D eigenvalue weighted by atomic mass is 16.6. The molecule has 4 aliphatic rings. The van der Waals surface area contributed by atoms with Crippen LogP contribution in [0, 0.1) is 34.5 Å². The molecule has 6 atom stereocenters. The van der Waals surface area contributed by atoms with Crippen molar-refractivity contribution in [1.29, 1.82) is 0 Å². The summed E-state index contributed by atoms with van der Waals surface area (Å²) in [6, 6.07) is 0. The van der Waals surface area contributed by atoms with Gasteiger partial charge in [0.15, 0.2) is 0 Å². The number of hydrogen-bond donors (Lipinski definition) is 0. The van der Waals surface area contributed by atoms with E-state index in [-0.39, 0.29) is 23.0 Å². The van der Waals surface area contributed by atoms with Crippen LogP contribution in [0.15, 0.2) is 12.2 Å². The molecular weight excluding hydrogens is 328 g/mol. The second-order valence-corrected chi connectivity index (χ2v) is 10.1. The number of esters is 2. The van der Waals surface area contributed by atoms with Crippen LogP contribution in [0.25, 0.3) is 0 Å². The second-order valence-electron chi connectivity index (χ2n) is 10.1. The summed E-state index contributed by atoms with van der Waals surface area (Å²) in [6.07, 6.45) is 9.70. The van der Waals surface area contributed by atoms with E-state index >= 15 is 0 Å². The molecule has 144 valence electrons. The topological polar surface area (TPSA) is 52.6 Å². The number of ether oxygens (including phenoxy) is 2. The van der Waals surface area contributed by atoms with Gasteiger partial charge in [0.1, 0.15) is 12.2 Å². The van der Waals surface area contributed by atoms with Crippen molar-refractivity contribution in [3.8, 4) is 0 Å². The first kappa shape index (κ1) is 18.1. The summed E-state index contributed by atoms with van der Waals surface area (Å²) in [4.78, 5) is 24.4. The number of fused-ring (bicyclic) bond motifs is 2. The first-order valence-electron chi connectivity index (χ1n) is 10.3. The van der Waals surface area contributed by atoms with Crippen LogP contribution in [0.4, 0.5) is 0 Å². The Morgan fingerprint density at radius 3 is 1.50 bits per heavy atom. The Balaban J connectivity index is 1.29. The van der Waals surface area contributed by atoms with E-state index in [4.69, 9.17) is 9.47 Å². The van der Waals surface area contributed by atoms with E-state index in [1.54, 1.807) is 0 Å². The van der Waals surface area contributed by atoms with Gasteiger partial charge < -0.3 is 9.47 Å². The Kier molecular flexibility index (Phi) is 4.24. The van der Waals surface area contributed by atoms with Crippen molar-refractivity contribution in [1.82, 2.24) is 0 Å². The molecule has 0 aromatic heterocycles. The zero-order valence-corrected chi connectivity index (χ0v) is 16.5. The third kappa shape index (κ3) is 2.63. The van der Waals surface area contributed by atoms with E-state index < -0.39 is 11.9 Å². The van der Waals surface area contributed by atoms with Crippen LogP contribution in [-0.2, 0) is 19.1 Å². The van der Waals surface area contributed by atoms with Crippen molar-refractivity contribution in [3.63, 3.8) is 0 Å². The SMILES string of the molecule is CC1(C)C2CCCC2C1OC(=O)/C=C/C(=O)OC1C2CCCC2C1(C)C. The molecule has 4 nitrogen and oxygen atoms in total. The van der Waals surface area contributed by atoms with Gasteiger partial charge in [0.25, 0.3) is 0 Å². The lowest BCUT2D eigenvalue weighted by atomic mass is 9.54. The molecule has 0 spiro atoms. The van der Waals surface area contributed by atoms with Crippen molar-refractivity contribution in [2.45, 2.75) is 78.4 Å². The molecule has 4 saturated carbocycles. The second kappa shape index (κ2) is 6.10. The van der Waals surface area contributed by atoms with E-state index in [1.165, 1.54) is 37.8 Å². The van der Waals surface area contributed by atoms with Gasteiger partial charge in [0.05, 0.1) is 0 Å². The predicted molar refractivity (Wildman–Crippen MR) is 98.1 cm³/mol. The molecule has 6 unspecified atom stereocenters. The molecule has 4 rings (SSSR count). The molecule has 0 aromatic carbocycles. The van der Waals surface area contributed by atoms with Crippen LogP contribution >= 0.6 is 0 Å². The molecule has 0 bridgehead atoms. The maximum Gasteiger partial charge on any atom is 0.331 e. The number of carbonyl (C=O) groups is 2. The van der Waals surface area contributed by atoms with Gasteiger partial charge in [-0.3, -0.25) is 0 Å². The average molecular weight is 360 g/mol. The minimum absolute atomic E-state index is 0.0204. The van der Waals surface area contributed by atoms with Crippen LogP contribution in [0.5, 0.6) is 0 Å². The van der Waals surface area contributed by atoms with Crippen LogP contribution in [0.2, 0.25) is 0 Å². The third-order valence-corrected chi connectivity index (χ3v) is 8.14. The molecule has 4 heteroatoms. The smallest absolute Gasteiger partial charge is 0.331 e. The van der Waals surface area contributed by atoms with Crippen molar-refractivity contribution >= 4 is 11.9 Å². The van der Waals surface area contributed by atoms with Gasteiger partial charge in [0.2, 0.25) is 0 Å². The fourth-order valence-electron chi connectivity index (χ4n) is 6.78. The van der Waals surface area contributed by atoms with Crippen LogP contribution in [0.1, 0.15) is 66.2 Å². The van der Waals surface area contributed by atoms with Crippen molar-refractivity contribution in [2.75, 3.05) is 0 Å². The Labute approximate surface area is 156 Å². The van der Waals surface area contributed by atoms with E-state index in [9.17, 15) is 9.59 Å². The van der Waals surface area contributed by atoms with Crippen molar-refractivity contribution in [2.24, 2.45) is 34.5 Å². The average Bonchev–Trinajstić information content (AvgIpc) is 3.22. The fraction of sp³-hybridized carbons (Fsp3) is 0.818. The molecule has 0 saturated heterocycles. The summed E-state index contributed by atoms with van der Waals surface area (Å²) in [5.41, 5.74) is 0.108. The molecule has 0 amide bonds. The van der Waals surface area contributed by atoms with Gasteiger partial charge >= 0.3 is 11.9 Å². The lowest BCUT2D eigenvalue weighted by molar-refractivity contribution is -0.191. The van der Waals surface area contributed by atoms with Crippen molar-refractivity contribution in [3.05, 3.63) is 12.2 Å². The quantitative estimate of drug-likeness (QED) is 0.555. The predicted octanol–water partition coefficient (Wildman–Crippen LogP) is 4.28. The first-order valence-corrected chi connectivity index (χ1v) is 10.3. The molecule has 0 radical (unpaired) electrons. The largest absolute Gasteiger partial charge is 0.458 e. The Morgan fingerprint density at radius 1 is 0.731 bits per heavy atom. The van der Waals surface area contributed by atoms with Gasteiger partial charge in [-0.25, -0.2) is 9.59 Å². The normalized spacial score (nSPS) is 41.7. The van der Waals surface area contributed by atoms with Gasteiger partial charge in [0, 0.05) is 23.0 Å². The maximum atomic E-state index is 12.2. The lowest BCUT2D eigenvalue weighted by Crippen LogP contribution is -2.57. The molecule has 0 aromatic rings. The zero-order valence-electron chi connectivity index (χ0n) is 16.5. The highest BCUT2D eigenvalue weighted by Crippen LogP contribution is 2.61. The summed E-state index contributed by atoms with van der Waals surface area (Å²) in [6.45, 7) is 8.75. The number of carbonyl (C=O) groups excluding carboxylic acids is 2. The van der Waals surface area contributed by atoms with E-state index in [2.05, 4.69) is 27.7 Å². The van der Waals surface area contributed by atoms with Crippen LogP contribution in [0.3, 0.4) is 0 Å². The summed E-state index contributed by atoms with van der Waals surface area (Å²) in [5.74, 6) is 1.52. The number of hydrogen-bond acceptors (Lipinski definition) is 4. The molecule has 0 heterocycles. The van der Waals surface area contributed by atoms with Crippen LogP contribution in [-0.4, -0.2) is 24.1 Å². The van der Waals surface area contributed by atoms with E-state index in [0.29, 0.717) is 23.7 Å². The summed E-state index contributed by atoms with van der Waals surface area (Å²) >= 11 is 0. The minimum atomic E-state index is -0.419. The number of rotatable bonds is 4. The summed E-state index contributed by atoms with van der Waals surface area (Å²) in [5, 5.41) is 0. The van der Waals surface area contributed by atoms with Gasteiger partial charge in [-0.2, -0.15) is 0 Å². The summed E-state index contributed by atoms with van der Waals surface area (Å²) < 4.78 is 11.4. The third-order valence-electron chi connectivity index (χ3n) is 8.14. The van der Waals surface area contributed by atoms with Gasteiger partial charge in [-0.05, 0) is 49.4 Å².